The standard InChI is InChI=1S/C20H35N5O2/c1-23(13-14-26)15-18-21-22-19(24(18)2)16-9-11-25(12-10-16)20(27)17-7-5-3-4-6-8-17/h16-17,26H,3-15H2,1-2H3. The highest BCUT2D eigenvalue weighted by Crippen LogP contribution is 2.30. The maximum Gasteiger partial charge on any atom is 0.225 e. The molecule has 0 radical (unpaired) electrons. The molecule has 0 aromatic carbocycles. The Hall–Kier alpha value is -1.47. The van der Waals surface area contributed by atoms with Gasteiger partial charge in [0.1, 0.15) is 11.6 Å². The lowest BCUT2D eigenvalue weighted by Gasteiger charge is -2.33. The second kappa shape index (κ2) is 9.64. The summed E-state index contributed by atoms with van der Waals surface area (Å²) in [6.45, 7) is 3.14. The molecule has 3 rings (SSSR count). The van der Waals surface area contributed by atoms with Gasteiger partial charge in [0.25, 0.3) is 0 Å². The molecule has 0 atom stereocenters. The molecule has 1 aliphatic heterocycles. The Morgan fingerprint density at radius 2 is 1.78 bits per heavy atom. The molecule has 2 fully saturated rings. The van der Waals surface area contributed by atoms with Crippen LogP contribution < -0.4 is 0 Å². The molecular formula is C20H35N5O2. The van der Waals surface area contributed by atoms with Crippen molar-refractivity contribution in [3.05, 3.63) is 11.6 Å². The number of carbonyl (C=O) groups is 1. The average Bonchev–Trinajstić information content (AvgIpc) is 2.88. The summed E-state index contributed by atoms with van der Waals surface area (Å²) in [5.74, 6) is 2.98. The minimum atomic E-state index is 0.148. The van der Waals surface area contributed by atoms with Gasteiger partial charge in [0.15, 0.2) is 0 Å². The summed E-state index contributed by atoms with van der Waals surface area (Å²) in [5.41, 5.74) is 0. The first-order valence-corrected chi connectivity index (χ1v) is 10.6. The van der Waals surface area contributed by atoms with E-state index in [0.29, 0.717) is 24.9 Å². The van der Waals surface area contributed by atoms with Gasteiger partial charge < -0.3 is 14.6 Å². The Morgan fingerprint density at radius 1 is 1.11 bits per heavy atom. The van der Waals surface area contributed by atoms with Gasteiger partial charge >= 0.3 is 0 Å². The van der Waals surface area contributed by atoms with Gasteiger partial charge in [-0.3, -0.25) is 9.69 Å². The average molecular weight is 378 g/mol. The maximum absolute atomic E-state index is 12.9. The van der Waals surface area contributed by atoms with E-state index < -0.39 is 0 Å². The Balaban J connectivity index is 1.54. The second-order valence-corrected chi connectivity index (χ2v) is 8.28. The van der Waals surface area contributed by atoms with Gasteiger partial charge in [-0.15, -0.1) is 10.2 Å². The van der Waals surface area contributed by atoms with Crippen LogP contribution in [-0.2, 0) is 18.4 Å². The van der Waals surface area contributed by atoms with Crippen molar-refractivity contribution in [2.24, 2.45) is 13.0 Å². The first kappa shape index (κ1) is 20.3. The van der Waals surface area contributed by atoms with Crippen LogP contribution in [0, 0.1) is 5.92 Å². The highest BCUT2D eigenvalue weighted by molar-refractivity contribution is 5.79. The predicted octanol–water partition coefficient (Wildman–Crippen LogP) is 1.92. The molecule has 1 aromatic rings. The number of aliphatic hydroxyl groups excluding tert-OH is 1. The molecule has 7 heteroatoms. The number of likely N-dealkylation sites (N-methyl/N-ethyl adjacent to an activating group) is 1. The third-order valence-electron chi connectivity index (χ3n) is 6.27. The van der Waals surface area contributed by atoms with Crippen molar-refractivity contribution < 1.29 is 9.90 Å². The van der Waals surface area contributed by atoms with E-state index in [2.05, 4.69) is 19.7 Å². The molecule has 152 valence electrons. The summed E-state index contributed by atoms with van der Waals surface area (Å²) in [6.07, 6.45) is 9.08. The van der Waals surface area contributed by atoms with Crippen LogP contribution in [0.2, 0.25) is 0 Å². The van der Waals surface area contributed by atoms with Crippen molar-refractivity contribution in [3.8, 4) is 0 Å². The van der Waals surface area contributed by atoms with Crippen molar-refractivity contribution in [1.82, 2.24) is 24.6 Å². The van der Waals surface area contributed by atoms with Crippen molar-refractivity contribution >= 4 is 5.91 Å². The topological polar surface area (TPSA) is 74.5 Å². The van der Waals surface area contributed by atoms with E-state index in [0.717, 1.165) is 50.4 Å². The molecule has 2 heterocycles. The van der Waals surface area contributed by atoms with E-state index in [9.17, 15) is 4.79 Å². The fourth-order valence-electron chi connectivity index (χ4n) is 4.50. The Labute approximate surface area is 162 Å². The fraction of sp³-hybridized carbons (Fsp3) is 0.850. The molecule has 1 aliphatic carbocycles. The normalized spacial score (nSPS) is 20.2. The SMILES string of the molecule is CN(CCO)Cc1nnc(C2CCN(C(=O)C3CCCCCC3)CC2)n1C. The van der Waals surface area contributed by atoms with Gasteiger partial charge in [0.2, 0.25) is 5.91 Å². The van der Waals surface area contributed by atoms with Gasteiger partial charge in [0, 0.05) is 38.5 Å². The lowest BCUT2D eigenvalue weighted by atomic mass is 9.93. The zero-order chi connectivity index (χ0) is 19.2. The van der Waals surface area contributed by atoms with E-state index in [1.165, 1.54) is 25.7 Å². The number of carbonyl (C=O) groups excluding carboxylic acids is 1. The molecule has 27 heavy (non-hydrogen) atoms. The Kier molecular flexibility index (Phi) is 7.24. The highest BCUT2D eigenvalue weighted by atomic mass is 16.3. The van der Waals surface area contributed by atoms with Gasteiger partial charge in [0.05, 0.1) is 13.2 Å². The van der Waals surface area contributed by atoms with E-state index >= 15 is 0 Å². The third-order valence-corrected chi connectivity index (χ3v) is 6.27. The number of hydrogen-bond donors (Lipinski definition) is 1. The molecule has 1 saturated heterocycles. The smallest absolute Gasteiger partial charge is 0.225 e. The van der Waals surface area contributed by atoms with Crippen molar-refractivity contribution in [2.75, 3.05) is 33.3 Å². The van der Waals surface area contributed by atoms with Crippen LogP contribution in [0.15, 0.2) is 0 Å². The summed E-state index contributed by atoms with van der Waals surface area (Å²) < 4.78 is 2.10. The summed E-state index contributed by atoms with van der Waals surface area (Å²) >= 11 is 0. The molecule has 1 amide bonds. The van der Waals surface area contributed by atoms with Crippen LogP contribution in [0.3, 0.4) is 0 Å². The number of hydrogen-bond acceptors (Lipinski definition) is 5. The predicted molar refractivity (Wildman–Crippen MR) is 104 cm³/mol. The Morgan fingerprint density at radius 3 is 2.41 bits per heavy atom. The van der Waals surface area contributed by atoms with Gasteiger partial charge in [-0.1, -0.05) is 25.7 Å². The molecule has 7 nitrogen and oxygen atoms in total. The number of aliphatic hydroxyl groups is 1. The van der Waals surface area contributed by atoms with E-state index in [1.54, 1.807) is 0 Å². The number of likely N-dealkylation sites (tertiary alicyclic amines) is 1. The number of nitrogens with zero attached hydrogens (tertiary/aromatic N) is 5. The largest absolute Gasteiger partial charge is 0.395 e. The molecule has 0 unspecified atom stereocenters. The van der Waals surface area contributed by atoms with E-state index in [4.69, 9.17) is 5.11 Å². The van der Waals surface area contributed by atoms with E-state index in [-0.39, 0.29) is 12.5 Å². The molecule has 0 spiro atoms. The zero-order valence-electron chi connectivity index (χ0n) is 16.9. The molecule has 2 aliphatic rings. The monoisotopic (exact) mass is 377 g/mol. The number of amides is 1. The van der Waals surface area contributed by atoms with Crippen LogP contribution in [0.1, 0.15) is 68.9 Å². The van der Waals surface area contributed by atoms with Crippen LogP contribution in [-0.4, -0.2) is 68.9 Å². The summed E-state index contributed by atoms with van der Waals surface area (Å²) in [4.78, 5) is 17.0. The number of rotatable bonds is 6. The van der Waals surface area contributed by atoms with Crippen LogP contribution in [0.25, 0.3) is 0 Å². The first-order chi connectivity index (χ1) is 13.1. The van der Waals surface area contributed by atoms with E-state index in [1.807, 2.05) is 19.0 Å². The third kappa shape index (κ3) is 5.08. The molecule has 1 N–H and O–H groups in total. The lowest BCUT2D eigenvalue weighted by Crippen LogP contribution is -2.41. The maximum atomic E-state index is 12.9. The summed E-state index contributed by atoms with van der Waals surface area (Å²) in [5, 5.41) is 17.9. The molecular weight excluding hydrogens is 342 g/mol. The van der Waals surface area contributed by atoms with Crippen molar-refractivity contribution in [1.29, 1.82) is 0 Å². The first-order valence-electron chi connectivity index (χ1n) is 10.6. The van der Waals surface area contributed by atoms with Crippen LogP contribution in [0.5, 0.6) is 0 Å². The van der Waals surface area contributed by atoms with Crippen molar-refractivity contribution in [2.45, 2.75) is 63.8 Å². The van der Waals surface area contributed by atoms with Gasteiger partial charge in [-0.2, -0.15) is 0 Å². The number of piperidine rings is 1. The fourth-order valence-corrected chi connectivity index (χ4v) is 4.50. The minimum absolute atomic E-state index is 0.148. The Bertz CT molecular complexity index is 602. The van der Waals surface area contributed by atoms with Crippen LogP contribution in [0.4, 0.5) is 0 Å². The van der Waals surface area contributed by atoms with Crippen molar-refractivity contribution in [3.63, 3.8) is 0 Å². The quantitative estimate of drug-likeness (QED) is 0.767. The summed E-state index contributed by atoms with van der Waals surface area (Å²) in [6, 6.07) is 0. The van der Waals surface area contributed by atoms with Gasteiger partial charge in [-0.05, 0) is 32.7 Å². The molecule has 1 aromatic heterocycles. The second-order valence-electron chi connectivity index (χ2n) is 8.28. The highest BCUT2D eigenvalue weighted by Gasteiger charge is 2.31. The summed E-state index contributed by atoms with van der Waals surface area (Å²) in [7, 11) is 4.00. The minimum Gasteiger partial charge on any atom is -0.395 e. The number of aromatic nitrogens is 3. The molecule has 0 bridgehead atoms. The van der Waals surface area contributed by atoms with Crippen LogP contribution >= 0.6 is 0 Å². The zero-order valence-corrected chi connectivity index (χ0v) is 16.9. The van der Waals surface area contributed by atoms with Gasteiger partial charge in [-0.25, -0.2) is 0 Å². The molecule has 1 saturated carbocycles. The lowest BCUT2D eigenvalue weighted by molar-refractivity contribution is -0.137.